The summed E-state index contributed by atoms with van der Waals surface area (Å²) >= 11 is 0.795. The summed E-state index contributed by atoms with van der Waals surface area (Å²) in [6.45, 7) is -0.142. The van der Waals surface area contributed by atoms with Gasteiger partial charge in [0.05, 0.1) is 12.6 Å². The van der Waals surface area contributed by atoms with Crippen LogP contribution in [0.5, 0.6) is 0 Å². The monoisotopic (exact) mass is 331 g/mol. The molecule has 1 rings (SSSR count). The highest BCUT2D eigenvalue weighted by Crippen LogP contribution is 2.17. The number of carbonyl (C=O) groups excluding carboxylic acids is 1. The van der Waals surface area contributed by atoms with Crippen molar-refractivity contribution >= 4 is 27.3 Å². The number of nitrogens with one attached hydrogen (secondary N) is 1. The van der Waals surface area contributed by atoms with Crippen LogP contribution in [0.25, 0.3) is 0 Å². The summed E-state index contributed by atoms with van der Waals surface area (Å²) in [6, 6.07) is -1.26. The largest absolute Gasteiger partial charge is 0.401 e. The van der Waals surface area contributed by atoms with Crippen molar-refractivity contribution in [3.63, 3.8) is 0 Å². The summed E-state index contributed by atoms with van der Waals surface area (Å²) in [7, 11) is -3.06. The van der Waals surface area contributed by atoms with Crippen LogP contribution in [-0.2, 0) is 14.8 Å². The fraction of sp³-hybridized carbons (Fsp3) is 0.556. The molecule has 1 aromatic heterocycles. The molecule has 1 N–H and O–H groups in total. The Balaban J connectivity index is 2.72. The molecule has 6 nitrogen and oxygen atoms in total. The van der Waals surface area contributed by atoms with E-state index in [0.29, 0.717) is 4.90 Å². The fourth-order valence-corrected chi connectivity index (χ4v) is 3.10. The molecule has 0 fully saturated rings. The predicted molar refractivity (Wildman–Crippen MR) is 65.6 cm³/mol. The van der Waals surface area contributed by atoms with Crippen molar-refractivity contribution in [2.45, 2.75) is 23.5 Å². The molecule has 20 heavy (non-hydrogen) atoms. The highest BCUT2D eigenvalue weighted by Gasteiger charge is 2.34. The SMILES string of the molecule is C[C@@H](C(=O)NS(=O)(=O)c1nccs1)N(C)CC(F)(F)F. The first-order valence-corrected chi connectivity index (χ1v) is 7.62. The quantitative estimate of drug-likeness (QED) is 0.864. The van der Waals surface area contributed by atoms with E-state index in [-0.39, 0.29) is 4.34 Å². The zero-order valence-electron chi connectivity index (χ0n) is 10.5. The molecular weight excluding hydrogens is 319 g/mol. The summed E-state index contributed by atoms with van der Waals surface area (Å²) < 4.78 is 61.3. The van der Waals surface area contributed by atoms with E-state index < -0.39 is 34.7 Å². The number of aromatic nitrogens is 1. The van der Waals surface area contributed by atoms with Gasteiger partial charge in [0.15, 0.2) is 0 Å². The van der Waals surface area contributed by atoms with Crippen LogP contribution < -0.4 is 4.72 Å². The molecule has 1 amide bonds. The smallest absolute Gasteiger partial charge is 0.287 e. The van der Waals surface area contributed by atoms with Gasteiger partial charge in [-0.05, 0) is 14.0 Å². The number of rotatable bonds is 5. The van der Waals surface area contributed by atoms with Gasteiger partial charge in [0.2, 0.25) is 4.34 Å². The first-order valence-electron chi connectivity index (χ1n) is 5.26. The van der Waals surface area contributed by atoms with Gasteiger partial charge in [-0.2, -0.15) is 21.6 Å². The van der Waals surface area contributed by atoms with E-state index in [4.69, 9.17) is 0 Å². The molecule has 0 spiro atoms. The Morgan fingerprint density at radius 2 is 2.15 bits per heavy atom. The van der Waals surface area contributed by atoms with Gasteiger partial charge < -0.3 is 0 Å². The van der Waals surface area contributed by atoms with E-state index in [1.54, 1.807) is 4.72 Å². The minimum absolute atomic E-state index is 0.323. The maximum Gasteiger partial charge on any atom is 0.401 e. The van der Waals surface area contributed by atoms with Crippen molar-refractivity contribution in [1.29, 1.82) is 0 Å². The molecule has 0 aliphatic rings. The van der Waals surface area contributed by atoms with Crippen LogP contribution in [0.2, 0.25) is 0 Å². The number of alkyl halides is 3. The molecule has 11 heteroatoms. The summed E-state index contributed by atoms with van der Waals surface area (Å²) in [5.41, 5.74) is 0. The van der Waals surface area contributed by atoms with Gasteiger partial charge in [0.25, 0.3) is 15.9 Å². The molecule has 1 heterocycles. The lowest BCUT2D eigenvalue weighted by molar-refractivity contribution is -0.150. The van der Waals surface area contributed by atoms with Crippen molar-refractivity contribution in [2.24, 2.45) is 0 Å². The van der Waals surface area contributed by atoms with Crippen molar-refractivity contribution in [1.82, 2.24) is 14.6 Å². The Hall–Kier alpha value is -1.20. The van der Waals surface area contributed by atoms with Crippen LogP contribution in [0.1, 0.15) is 6.92 Å². The van der Waals surface area contributed by atoms with Gasteiger partial charge in [-0.25, -0.2) is 9.71 Å². The molecule has 0 unspecified atom stereocenters. The summed E-state index contributed by atoms with van der Waals surface area (Å²) in [4.78, 5) is 15.9. The lowest BCUT2D eigenvalue weighted by Crippen LogP contribution is -2.47. The molecule has 114 valence electrons. The van der Waals surface area contributed by atoms with Crippen molar-refractivity contribution in [3.8, 4) is 0 Å². The number of amides is 1. The zero-order chi connectivity index (χ0) is 15.6. The lowest BCUT2D eigenvalue weighted by Gasteiger charge is -2.24. The molecule has 0 aromatic carbocycles. The first kappa shape index (κ1) is 16.9. The van der Waals surface area contributed by atoms with Crippen LogP contribution in [0, 0.1) is 0 Å². The average molecular weight is 331 g/mol. The molecule has 0 radical (unpaired) electrons. The summed E-state index contributed by atoms with van der Waals surface area (Å²) in [5, 5.41) is 1.40. The van der Waals surface area contributed by atoms with Crippen LogP contribution in [-0.4, -0.2) is 50.0 Å². The number of hydrogen-bond donors (Lipinski definition) is 1. The maximum absolute atomic E-state index is 12.2. The average Bonchev–Trinajstić information content (AvgIpc) is 2.78. The van der Waals surface area contributed by atoms with Crippen LogP contribution in [0.15, 0.2) is 15.9 Å². The van der Waals surface area contributed by atoms with Crippen molar-refractivity contribution in [2.75, 3.05) is 13.6 Å². The Kier molecular flexibility index (Phi) is 5.10. The normalized spacial score (nSPS) is 14.3. The third-order valence-electron chi connectivity index (χ3n) is 2.34. The van der Waals surface area contributed by atoms with E-state index in [2.05, 4.69) is 4.98 Å². The van der Waals surface area contributed by atoms with Crippen molar-refractivity contribution < 1.29 is 26.4 Å². The van der Waals surface area contributed by atoms with E-state index in [9.17, 15) is 26.4 Å². The van der Waals surface area contributed by atoms with Crippen LogP contribution >= 0.6 is 11.3 Å². The van der Waals surface area contributed by atoms with Gasteiger partial charge in [-0.15, -0.1) is 11.3 Å². The Labute approximate surface area is 117 Å². The maximum atomic E-state index is 12.2. The Bertz CT molecular complexity index is 557. The van der Waals surface area contributed by atoms with Crippen molar-refractivity contribution in [3.05, 3.63) is 11.6 Å². The number of carbonyl (C=O) groups is 1. The van der Waals surface area contributed by atoms with E-state index >= 15 is 0 Å². The second kappa shape index (κ2) is 6.06. The number of thiazole rings is 1. The molecule has 0 saturated carbocycles. The topological polar surface area (TPSA) is 79.4 Å². The highest BCUT2D eigenvalue weighted by atomic mass is 32.2. The standard InChI is InChI=1S/C9H12F3N3O3S2/c1-6(15(2)5-9(10,11)12)7(16)14-20(17,18)8-13-3-4-19-8/h3-4,6H,5H2,1-2H3,(H,14,16)/t6-/m0/s1. The summed E-state index contributed by atoms with van der Waals surface area (Å²) in [6.07, 6.45) is -3.24. The van der Waals surface area contributed by atoms with Crippen LogP contribution in [0.3, 0.4) is 0 Å². The van der Waals surface area contributed by atoms with Gasteiger partial charge in [0.1, 0.15) is 0 Å². The van der Waals surface area contributed by atoms with Gasteiger partial charge >= 0.3 is 6.18 Å². The molecule has 0 saturated heterocycles. The lowest BCUT2D eigenvalue weighted by atomic mass is 10.3. The number of halogens is 3. The third kappa shape index (κ3) is 4.72. The minimum atomic E-state index is -4.47. The predicted octanol–water partition coefficient (Wildman–Crippen LogP) is 0.831. The van der Waals surface area contributed by atoms with E-state index in [0.717, 1.165) is 18.4 Å². The third-order valence-corrected chi connectivity index (χ3v) is 4.89. The second-order valence-corrected chi connectivity index (χ2v) is 6.72. The van der Waals surface area contributed by atoms with Gasteiger partial charge in [0, 0.05) is 11.6 Å². The molecule has 0 bridgehead atoms. The van der Waals surface area contributed by atoms with E-state index in [1.165, 1.54) is 18.5 Å². The molecule has 0 aliphatic heterocycles. The number of likely N-dealkylation sites (N-methyl/N-ethyl adjacent to an activating group) is 1. The van der Waals surface area contributed by atoms with Crippen LogP contribution in [0.4, 0.5) is 13.2 Å². The highest BCUT2D eigenvalue weighted by molar-refractivity contribution is 7.92. The molecular formula is C9H12F3N3O3S2. The number of sulfonamides is 1. The summed E-state index contributed by atoms with van der Waals surface area (Å²) in [5.74, 6) is -1.05. The fourth-order valence-electron chi connectivity index (χ4n) is 1.22. The number of hydrogen-bond acceptors (Lipinski definition) is 6. The Morgan fingerprint density at radius 3 is 2.60 bits per heavy atom. The van der Waals surface area contributed by atoms with Gasteiger partial charge in [-0.3, -0.25) is 9.69 Å². The first-order chi connectivity index (χ1) is 9.03. The second-order valence-electron chi connectivity index (χ2n) is 3.97. The Morgan fingerprint density at radius 1 is 1.55 bits per heavy atom. The molecule has 1 aromatic rings. The zero-order valence-corrected chi connectivity index (χ0v) is 12.1. The van der Waals surface area contributed by atoms with Gasteiger partial charge in [-0.1, -0.05) is 0 Å². The van der Waals surface area contributed by atoms with E-state index in [1.807, 2.05) is 0 Å². The minimum Gasteiger partial charge on any atom is -0.287 e. The molecule has 0 aliphatic carbocycles. The molecule has 1 atom stereocenters. The number of nitrogens with zero attached hydrogens (tertiary/aromatic N) is 2.